The van der Waals surface area contributed by atoms with Gasteiger partial charge in [-0.3, -0.25) is 9.59 Å². The first-order chi connectivity index (χ1) is 19.0. The normalized spacial score (nSPS) is 16.4. The van der Waals surface area contributed by atoms with E-state index in [0.29, 0.717) is 29.5 Å². The first kappa shape index (κ1) is 25.2. The summed E-state index contributed by atoms with van der Waals surface area (Å²) in [4.78, 5) is 32.2. The number of hydrogen-bond acceptors (Lipinski definition) is 5. The second-order valence-corrected chi connectivity index (χ2v) is 10.9. The van der Waals surface area contributed by atoms with Crippen LogP contribution in [0.5, 0.6) is 5.75 Å². The number of aromatic nitrogens is 1. The third-order valence-corrected chi connectivity index (χ3v) is 8.01. The average Bonchev–Trinajstić information content (AvgIpc) is 3.72. The highest BCUT2D eigenvalue weighted by Crippen LogP contribution is 2.41. The molecule has 1 N–H and O–H groups in total. The van der Waals surface area contributed by atoms with Crippen molar-refractivity contribution in [3.8, 4) is 5.75 Å². The van der Waals surface area contributed by atoms with E-state index < -0.39 is 0 Å². The highest BCUT2D eigenvalue weighted by atomic mass is 32.1. The molecule has 1 unspecified atom stereocenters. The molecule has 2 heterocycles. The summed E-state index contributed by atoms with van der Waals surface area (Å²) >= 11 is 1.36. The van der Waals surface area contributed by atoms with Crippen LogP contribution in [0.1, 0.15) is 56.6 Å². The quantitative estimate of drug-likeness (QED) is 0.312. The summed E-state index contributed by atoms with van der Waals surface area (Å²) in [7, 11) is 0. The maximum absolute atomic E-state index is 13.2. The molecule has 198 valence electrons. The number of halogens is 1. The molecule has 0 spiro atoms. The van der Waals surface area contributed by atoms with Gasteiger partial charge in [-0.1, -0.05) is 48.5 Å². The SMILES string of the molecule is O=C(NCc1ccc(F)cc1)c1csc(COc2ccc3c(c2)C(c2ccccc2)N(C(=O)C2CC2)CC3)n1. The van der Waals surface area contributed by atoms with E-state index in [-0.39, 0.29) is 36.2 Å². The zero-order valence-electron chi connectivity index (χ0n) is 21.3. The number of fused-ring (bicyclic) bond motifs is 1. The molecule has 39 heavy (non-hydrogen) atoms. The molecule has 2 amide bonds. The van der Waals surface area contributed by atoms with Crippen molar-refractivity contribution in [1.29, 1.82) is 0 Å². The fourth-order valence-corrected chi connectivity index (χ4v) is 5.67. The lowest BCUT2D eigenvalue weighted by Crippen LogP contribution is -2.41. The van der Waals surface area contributed by atoms with Crippen LogP contribution in [-0.2, 0) is 24.4 Å². The predicted octanol–water partition coefficient (Wildman–Crippen LogP) is 5.68. The van der Waals surface area contributed by atoms with E-state index in [2.05, 4.69) is 28.5 Å². The Hall–Kier alpha value is -4.04. The van der Waals surface area contributed by atoms with Gasteiger partial charge in [0.1, 0.15) is 28.9 Å². The van der Waals surface area contributed by atoms with Gasteiger partial charge in [-0.2, -0.15) is 0 Å². The summed E-state index contributed by atoms with van der Waals surface area (Å²) in [6, 6.07) is 22.2. The molecule has 1 saturated carbocycles. The molecule has 2 aliphatic rings. The smallest absolute Gasteiger partial charge is 0.271 e. The zero-order chi connectivity index (χ0) is 26.8. The molecule has 0 saturated heterocycles. The first-order valence-electron chi connectivity index (χ1n) is 13.1. The second kappa shape index (κ2) is 11.0. The van der Waals surface area contributed by atoms with Crippen LogP contribution in [0.2, 0.25) is 0 Å². The molecule has 0 radical (unpaired) electrons. The van der Waals surface area contributed by atoms with Crippen LogP contribution in [-0.4, -0.2) is 28.2 Å². The summed E-state index contributed by atoms with van der Waals surface area (Å²) in [5.74, 6) is 0.500. The highest BCUT2D eigenvalue weighted by Gasteiger charge is 2.39. The number of rotatable bonds is 8. The van der Waals surface area contributed by atoms with E-state index in [1.807, 2.05) is 35.2 Å². The Kier molecular flexibility index (Phi) is 7.11. The number of benzene rings is 3. The Bertz CT molecular complexity index is 1480. The Morgan fingerprint density at radius 1 is 1.05 bits per heavy atom. The molecule has 6 nitrogen and oxygen atoms in total. The van der Waals surface area contributed by atoms with Crippen molar-refractivity contribution in [2.75, 3.05) is 6.54 Å². The first-order valence-corrected chi connectivity index (χ1v) is 14.0. The summed E-state index contributed by atoms with van der Waals surface area (Å²) in [6.07, 6.45) is 2.78. The fraction of sp³-hybridized carbons (Fsp3) is 0.258. The van der Waals surface area contributed by atoms with Gasteiger partial charge in [0.05, 0.1) is 6.04 Å². The van der Waals surface area contributed by atoms with Gasteiger partial charge in [0, 0.05) is 24.4 Å². The third-order valence-electron chi connectivity index (χ3n) is 7.18. The number of nitrogens with one attached hydrogen (secondary N) is 1. The Morgan fingerprint density at radius 3 is 2.62 bits per heavy atom. The van der Waals surface area contributed by atoms with Crippen molar-refractivity contribution in [2.45, 2.75) is 38.5 Å². The van der Waals surface area contributed by atoms with Crippen molar-refractivity contribution >= 4 is 23.2 Å². The maximum atomic E-state index is 13.2. The number of hydrogen-bond donors (Lipinski definition) is 1. The number of carbonyl (C=O) groups excluding carboxylic acids is 2. The lowest BCUT2D eigenvalue weighted by molar-refractivity contribution is -0.134. The van der Waals surface area contributed by atoms with Gasteiger partial charge in [-0.25, -0.2) is 9.37 Å². The molecule has 4 aromatic rings. The Labute approximate surface area is 230 Å². The molecule has 8 heteroatoms. The summed E-state index contributed by atoms with van der Waals surface area (Å²) in [5.41, 5.74) is 4.55. The maximum Gasteiger partial charge on any atom is 0.271 e. The molecule has 0 bridgehead atoms. The molecular formula is C31H28FN3O3S. The molecular weight excluding hydrogens is 513 g/mol. The number of amides is 2. The lowest BCUT2D eigenvalue weighted by Gasteiger charge is -2.38. The average molecular weight is 542 g/mol. The summed E-state index contributed by atoms with van der Waals surface area (Å²) < 4.78 is 19.2. The molecule has 1 aliphatic carbocycles. The van der Waals surface area contributed by atoms with Gasteiger partial charge in [0.2, 0.25) is 5.91 Å². The minimum absolute atomic E-state index is 0.136. The molecule has 6 rings (SSSR count). The van der Waals surface area contributed by atoms with Gasteiger partial charge >= 0.3 is 0 Å². The van der Waals surface area contributed by atoms with Crippen molar-refractivity contribution in [3.63, 3.8) is 0 Å². The van der Waals surface area contributed by atoms with Crippen LogP contribution < -0.4 is 10.1 Å². The lowest BCUT2D eigenvalue weighted by atomic mass is 9.87. The van der Waals surface area contributed by atoms with Gasteiger partial charge in [0.25, 0.3) is 5.91 Å². The minimum atomic E-state index is -0.312. The Balaban J connectivity index is 1.14. The summed E-state index contributed by atoms with van der Waals surface area (Å²) in [6.45, 7) is 1.24. The highest BCUT2D eigenvalue weighted by molar-refractivity contribution is 7.09. The van der Waals surface area contributed by atoms with E-state index in [1.54, 1.807) is 17.5 Å². The molecule has 1 aromatic heterocycles. The van der Waals surface area contributed by atoms with E-state index in [0.717, 1.165) is 36.0 Å². The largest absolute Gasteiger partial charge is 0.486 e. The molecule has 1 aliphatic heterocycles. The number of thiazole rings is 1. The van der Waals surface area contributed by atoms with Crippen LogP contribution in [0.3, 0.4) is 0 Å². The standard InChI is InChI=1S/C31H28FN3O3S/c32-24-11-6-20(7-12-24)17-33-30(36)27-19-39-28(34-27)18-38-25-13-10-21-14-15-35(31(37)23-8-9-23)29(26(21)16-25)22-4-2-1-3-5-22/h1-7,10-13,16,19,23,29H,8-9,14-15,17-18H2,(H,33,36). The van der Waals surface area contributed by atoms with Gasteiger partial charge < -0.3 is 15.0 Å². The van der Waals surface area contributed by atoms with E-state index >= 15 is 0 Å². The fourth-order valence-electron chi connectivity index (χ4n) is 4.98. The van der Waals surface area contributed by atoms with E-state index in [1.165, 1.54) is 29.0 Å². The van der Waals surface area contributed by atoms with Crippen LogP contribution in [0.4, 0.5) is 4.39 Å². The zero-order valence-corrected chi connectivity index (χ0v) is 22.1. The predicted molar refractivity (Wildman–Crippen MR) is 147 cm³/mol. The van der Waals surface area contributed by atoms with Crippen molar-refractivity contribution in [3.05, 3.63) is 117 Å². The van der Waals surface area contributed by atoms with Gasteiger partial charge in [-0.05, 0) is 65.8 Å². The van der Waals surface area contributed by atoms with Crippen LogP contribution in [0.25, 0.3) is 0 Å². The number of ether oxygens (including phenoxy) is 1. The summed E-state index contributed by atoms with van der Waals surface area (Å²) in [5, 5.41) is 5.20. The van der Waals surface area contributed by atoms with Gasteiger partial charge in [0.15, 0.2) is 0 Å². The van der Waals surface area contributed by atoms with Crippen LogP contribution in [0.15, 0.2) is 78.2 Å². The van der Waals surface area contributed by atoms with Crippen molar-refractivity contribution < 1.29 is 18.7 Å². The second-order valence-electron chi connectivity index (χ2n) is 9.95. The minimum Gasteiger partial charge on any atom is -0.486 e. The van der Waals surface area contributed by atoms with Gasteiger partial charge in [-0.15, -0.1) is 11.3 Å². The van der Waals surface area contributed by atoms with Crippen LogP contribution >= 0.6 is 11.3 Å². The monoisotopic (exact) mass is 541 g/mol. The Morgan fingerprint density at radius 2 is 1.85 bits per heavy atom. The third kappa shape index (κ3) is 5.71. The topological polar surface area (TPSA) is 71.5 Å². The molecule has 1 atom stereocenters. The van der Waals surface area contributed by atoms with Crippen molar-refractivity contribution in [2.24, 2.45) is 5.92 Å². The number of nitrogens with zero attached hydrogens (tertiary/aromatic N) is 2. The van der Waals surface area contributed by atoms with E-state index in [9.17, 15) is 14.0 Å². The van der Waals surface area contributed by atoms with E-state index in [4.69, 9.17) is 4.74 Å². The molecule has 3 aromatic carbocycles. The number of carbonyl (C=O) groups is 2. The molecule has 1 fully saturated rings. The van der Waals surface area contributed by atoms with Crippen LogP contribution in [0, 0.1) is 11.7 Å². The van der Waals surface area contributed by atoms with Crippen molar-refractivity contribution in [1.82, 2.24) is 15.2 Å².